The first kappa shape index (κ1) is 13.6. The minimum Gasteiger partial charge on any atom is -0.374 e. The monoisotopic (exact) mass is 254 g/mol. The molecule has 19 heavy (non-hydrogen) atoms. The van der Waals surface area contributed by atoms with Gasteiger partial charge < -0.3 is 10.6 Å². The molecule has 2 aromatic rings. The van der Waals surface area contributed by atoms with Gasteiger partial charge in [-0.1, -0.05) is 48.5 Å². The van der Waals surface area contributed by atoms with Crippen molar-refractivity contribution >= 4 is 5.69 Å². The number of anilines is 1. The van der Waals surface area contributed by atoms with Gasteiger partial charge in [-0.15, -0.1) is 0 Å². The second kappa shape index (κ2) is 6.95. The van der Waals surface area contributed by atoms with Gasteiger partial charge in [0.25, 0.3) is 0 Å². The van der Waals surface area contributed by atoms with E-state index in [-0.39, 0.29) is 0 Å². The maximum atomic E-state index is 5.76. The van der Waals surface area contributed by atoms with Crippen molar-refractivity contribution < 1.29 is 0 Å². The number of nitrogens with zero attached hydrogens (tertiary/aromatic N) is 1. The number of nitrogens with two attached hydrogens (primary N) is 1. The number of hydrogen-bond acceptors (Lipinski definition) is 2. The number of para-hydroxylation sites is 1. The third-order valence-corrected chi connectivity index (χ3v) is 3.48. The molecular weight excluding hydrogens is 232 g/mol. The van der Waals surface area contributed by atoms with Crippen LogP contribution in [0.1, 0.15) is 17.9 Å². The molecule has 0 saturated carbocycles. The van der Waals surface area contributed by atoms with Crippen molar-refractivity contribution in [2.24, 2.45) is 5.73 Å². The van der Waals surface area contributed by atoms with Gasteiger partial charge in [-0.2, -0.15) is 0 Å². The summed E-state index contributed by atoms with van der Waals surface area (Å²) in [5, 5.41) is 0. The maximum absolute atomic E-state index is 5.76. The van der Waals surface area contributed by atoms with Gasteiger partial charge in [0.2, 0.25) is 0 Å². The quantitative estimate of drug-likeness (QED) is 0.857. The molecule has 2 heteroatoms. The van der Waals surface area contributed by atoms with Crippen molar-refractivity contribution in [3.8, 4) is 0 Å². The highest BCUT2D eigenvalue weighted by Crippen LogP contribution is 2.22. The Bertz CT molecular complexity index is 467. The van der Waals surface area contributed by atoms with Crippen LogP contribution in [0.4, 0.5) is 5.69 Å². The van der Waals surface area contributed by atoms with Crippen molar-refractivity contribution in [1.29, 1.82) is 0 Å². The molecule has 0 aliphatic carbocycles. The Morgan fingerprint density at radius 2 is 1.53 bits per heavy atom. The Morgan fingerprint density at radius 3 is 2.11 bits per heavy atom. The molecule has 0 aromatic heterocycles. The SMILES string of the molecule is CN(CC(CCN)c1ccccc1)c1ccccc1. The molecule has 2 aromatic carbocycles. The second-order valence-electron chi connectivity index (χ2n) is 4.90. The number of likely N-dealkylation sites (N-methyl/N-ethyl adjacent to an activating group) is 1. The Kier molecular flexibility index (Phi) is 4.99. The molecule has 100 valence electrons. The van der Waals surface area contributed by atoms with E-state index in [0.29, 0.717) is 5.92 Å². The highest BCUT2D eigenvalue weighted by Gasteiger charge is 2.13. The van der Waals surface area contributed by atoms with Crippen LogP contribution in [0.5, 0.6) is 0 Å². The predicted molar refractivity (Wildman–Crippen MR) is 82.6 cm³/mol. The van der Waals surface area contributed by atoms with E-state index < -0.39 is 0 Å². The molecule has 0 saturated heterocycles. The zero-order valence-electron chi connectivity index (χ0n) is 11.5. The normalized spacial score (nSPS) is 12.1. The third-order valence-electron chi connectivity index (χ3n) is 3.48. The van der Waals surface area contributed by atoms with Crippen LogP contribution < -0.4 is 10.6 Å². The summed E-state index contributed by atoms with van der Waals surface area (Å²) in [6.07, 6.45) is 1.02. The molecule has 0 fully saturated rings. The maximum Gasteiger partial charge on any atom is 0.0363 e. The van der Waals surface area contributed by atoms with E-state index in [9.17, 15) is 0 Å². The molecule has 0 aliphatic rings. The molecule has 2 N–H and O–H groups in total. The first-order valence-electron chi connectivity index (χ1n) is 6.82. The molecule has 2 rings (SSSR count). The van der Waals surface area contributed by atoms with Crippen LogP contribution >= 0.6 is 0 Å². The van der Waals surface area contributed by atoms with Crippen LogP contribution in [-0.2, 0) is 0 Å². The molecule has 0 radical (unpaired) electrons. The van der Waals surface area contributed by atoms with Gasteiger partial charge in [-0.25, -0.2) is 0 Å². The molecular formula is C17H22N2. The number of hydrogen-bond donors (Lipinski definition) is 1. The van der Waals surface area contributed by atoms with Crippen LogP contribution in [0.25, 0.3) is 0 Å². The first-order valence-corrected chi connectivity index (χ1v) is 6.82. The zero-order valence-corrected chi connectivity index (χ0v) is 11.5. The topological polar surface area (TPSA) is 29.3 Å². The van der Waals surface area contributed by atoms with E-state index in [0.717, 1.165) is 19.5 Å². The average Bonchev–Trinajstić information content (AvgIpc) is 2.48. The predicted octanol–water partition coefficient (Wildman–Crippen LogP) is 3.26. The molecule has 1 atom stereocenters. The summed E-state index contributed by atoms with van der Waals surface area (Å²) < 4.78 is 0. The summed E-state index contributed by atoms with van der Waals surface area (Å²) in [5.41, 5.74) is 8.38. The largest absolute Gasteiger partial charge is 0.374 e. The molecule has 0 aliphatic heterocycles. The van der Waals surface area contributed by atoms with Crippen LogP contribution in [0, 0.1) is 0 Å². The standard InChI is InChI=1S/C17H22N2/c1-19(17-10-6-3-7-11-17)14-16(12-13-18)15-8-4-2-5-9-15/h2-11,16H,12-14,18H2,1H3. The fraction of sp³-hybridized carbons (Fsp3) is 0.294. The average molecular weight is 254 g/mol. The summed E-state index contributed by atoms with van der Waals surface area (Å²) in [6.45, 7) is 1.72. The van der Waals surface area contributed by atoms with E-state index in [2.05, 4.69) is 66.5 Å². The summed E-state index contributed by atoms with van der Waals surface area (Å²) in [7, 11) is 2.14. The van der Waals surface area contributed by atoms with Crippen molar-refractivity contribution in [3.05, 3.63) is 66.2 Å². The first-order chi connectivity index (χ1) is 9.31. The van der Waals surface area contributed by atoms with E-state index in [1.54, 1.807) is 0 Å². The van der Waals surface area contributed by atoms with Crippen molar-refractivity contribution in [3.63, 3.8) is 0 Å². The summed E-state index contributed by atoms with van der Waals surface area (Å²) in [6, 6.07) is 21.1. The minimum absolute atomic E-state index is 0.483. The van der Waals surface area contributed by atoms with E-state index in [4.69, 9.17) is 5.73 Å². The lowest BCUT2D eigenvalue weighted by Gasteiger charge is -2.26. The van der Waals surface area contributed by atoms with Crippen LogP contribution in [0.2, 0.25) is 0 Å². The zero-order chi connectivity index (χ0) is 13.5. The lowest BCUT2D eigenvalue weighted by molar-refractivity contribution is 0.625. The van der Waals surface area contributed by atoms with Crippen molar-refractivity contribution in [2.75, 3.05) is 25.0 Å². The number of benzene rings is 2. The molecule has 0 spiro atoms. The third kappa shape index (κ3) is 3.83. The second-order valence-corrected chi connectivity index (χ2v) is 4.90. The van der Waals surface area contributed by atoms with Crippen LogP contribution in [0.3, 0.4) is 0 Å². The van der Waals surface area contributed by atoms with Crippen LogP contribution in [-0.4, -0.2) is 20.1 Å². The van der Waals surface area contributed by atoms with Gasteiger partial charge in [0.05, 0.1) is 0 Å². The highest BCUT2D eigenvalue weighted by molar-refractivity contribution is 5.45. The Morgan fingerprint density at radius 1 is 0.947 bits per heavy atom. The van der Waals surface area contributed by atoms with Gasteiger partial charge in [0.1, 0.15) is 0 Å². The Hall–Kier alpha value is -1.80. The minimum atomic E-state index is 0.483. The Labute approximate surface area is 115 Å². The van der Waals surface area contributed by atoms with Gasteiger partial charge in [-0.05, 0) is 30.7 Å². The highest BCUT2D eigenvalue weighted by atomic mass is 15.1. The molecule has 2 nitrogen and oxygen atoms in total. The van der Waals surface area contributed by atoms with E-state index in [1.807, 2.05) is 6.07 Å². The summed E-state index contributed by atoms with van der Waals surface area (Å²) >= 11 is 0. The van der Waals surface area contributed by atoms with E-state index >= 15 is 0 Å². The van der Waals surface area contributed by atoms with Gasteiger partial charge in [0, 0.05) is 25.2 Å². The van der Waals surface area contributed by atoms with Crippen LogP contribution in [0.15, 0.2) is 60.7 Å². The lowest BCUT2D eigenvalue weighted by Crippen LogP contribution is -2.25. The molecule has 0 heterocycles. The van der Waals surface area contributed by atoms with Gasteiger partial charge >= 0.3 is 0 Å². The molecule has 1 unspecified atom stereocenters. The summed E-state index contributed by atoms with van der Waals surface area (Å²) in [4.78, 5) is 2.30. The van der Waals surface area contributed by atoms with Gasteiger partial charge in [0.15, 0.2) is 0 Å². The van der Waals surface area contributed by atoms with Gasteiger partial charge in [-0.3, -0.25) is 0 Å². The molecule has 0 bridgehead atoms. The smallest absolute Gasteiger partial charge is 0.0363 e. The van der Waals surface area contributed by atoms with Crippen molar-refractivity contribution in [1.82, 2.24) is 0 Å². The fourth-order valence-corrected chi connectivity index (χ4v) is 2.41. The lowest BCUT2D eigenvalue weighted by atomic mass is 9.95. The van der Waals surface area contributed by atoms with Crippen molar-refractivity contribution in [2.45, 2.75) is 12.3 Å². The van der Waals surface area contributed by atoms with E-state index in [1.165, 1.54) is 11.3 Å². The molecule has 0 amide bonds. The summed E-state index contributed by atoms with van der Waals surface area (Å²) in [5.74, 6) is 0.483. The Balaban J connectivity index is 2.09. The fourth-order valence-electron chi connectivity index (χ4n) is 2.41. The number of rotatable bonds is 6.